The van der Waals surface area contributed by atoms with Gasteiger partial charge in [-0.3, -0.25) is 4.79 Å². The highest BCUT2D eigenvalue weighted by atomic mass is 16.5. The van der Waals surface area contributed by atoms with Crippen molar-refractivity contribution in [3.8, 4) is 5.75 Å². The van der Waals surface area contributed by atoms with Crippen molar-refractivity contribution in [2.24, 2.45) is 5.92 Å². The first-order valence-electron chi connectivity index (χ1n) is 8.81. The predicted octanol–water partition coefficient (Wildman–Crippen LogP) is 3.32. The molecule has 1 aliphatic rings. The van der Waals surface area contributed by atoms with Crippen LogP contribution in [-0.4, -0.2) is 42.5 Å². The zero-order chi connectivity index (χ0) is 17.6. The molecule has 0 aromatic heterocycles. The van der Waals surface area contributed by atoms with Crippen LogP contribution in [0.2, 0.25) is 0 Å². The molecule has 4 heteroatoms. The molecule has 0 saturated carbocycles. The van der Waals surface area contributed by atoms with E-state index in [1.165, 1.54) is 0 Å². The summed E-state index contributed by atoms with van der Waals surface area (Å²) in [5.74, 6) is 1.05. The monoisotopic (exact) mass is 339 g/mol. The van der Waals surface area contributed by atoms with Gasteiger partial charge >= 0.3 is 0 Å². The van der Waals surface area contributed by atoms with Crippen LogP contribution in [0.25, 0.3) is 0 Å². The van der Waals surface area contributed by atoms with Crippen LogP contribution in [0.3, 0.4) is 0 Å². The van der Waals surface area contributed by atoms with Gasteiger partial charge in [-0.05, 0) is 55.8 Å². The van der Waals surface area contributed by atoms with Crippen LogP contribution in [0.4, 0.5) is 0 Å². The average molecular weight is 339 g/mol. The number of piperidine rings is 1. The molecule has 1 N–H and O–H groups in total. The summed E-state index contributed by atoms with van der Waals surface area (Å²) in [5, 5.41) is 10.4. The Morgan fingerprint density at radius 1 is 1.12 bits per heavy atom. The molecule has 2 aromatic rings. The maximum absolute atomic E-state index is 12.6. The minimum absolute atomic E-state index is 0.0681. The number of ketones is 1. The molecule has 0 radical (unpaired) electrons. The lowest BCUT2D eigenvalue weighted by Crippen LogP contribution is -2.38. The highest BCUT2D eigenvalue weighted by molar-refractivity contribution is 5.98. The number of carbonyl (C=O) groups excluding carboxylic acids is 1. The van der Waals surface area contributed by atoms with Gasteiger partial charge < -0.3 is 14.7 Å². The molecule has 3 rings (SSSR count). The molecule has 1 aliphatic heterocycles. The molecular formula is C21H25NO3. The van der Waals surface area contributed by atoms with Crippen molar-refractivity contribution in [2.45, 2.75) is 18.9 Å². The number of nitrogens with zero attached hydrogens (tertiary/aromatic N) is 1. The second kappa shape index (κ2) is 8.28. The maximum atomic E-state index is 12.6. The van der Waals surface area contributed by atoms with Crippen LogP contribution >= 0.6 is 0 Å². The van der Waals surface area contributed by atoms with Crippen molar-refractivity contribution in [2.75, 3.05) is 26.7 Å². The van der Waals surface area contributed by atoms with E-state index >= 15 is 0 Å². The summed E-state index contributed by atoms with van der Waals surface area (Å²) >= 11 is 0. The zero-order valence-corrected chi connectivity index (χ0v) is 14.6. The number of hydrogen-bond donors (Lipinski definition) is 1. The lowest BCUT2D eigenvalue weighted by atomic mass is 9.88. The molecule has 0 aliphatic carbocycles. The Hall–Kier alpha value is -2.17. The highest BCUT2D eigenvalue weighted by Gasteiger charge is 2.26. The first-order valence-corrected chi connectivity index (χ1v) is 8.81. The standard InChI is InChI=1S/C21H25NO3/c1-25-19-9-7-17(8-10-19)21(24)18-11-13-22(14-12-18)15-20(23)16-5-3-2-4-6-16/h2-10,18,20,23H,11-15H2,1H3. The minimum Gasteiger partial charge on any atom is -0.497 e. The van der Waals surface area contributed by atoms with Crippen LogP contribution in [0.15, 0.2) is 54.6 Å². The SMILES string of the molecule is COc1ccc(C(=O)C2CCN(CC(O)c3ccccc3)CC2)cc1. The third-order valence-electron chi connectivity index (χ3n) is 4.95. The molecule has 1 saturated heterocycles. The Morgan fingerprint density at radius 2 is 1.76 bits per heavy atom. The van der Waals surface area contributed by atoms with E-state index in [0.29, 0.717) is 6.54 Å². The Morgan fingerprint density at radius 3 is 2.36 bits per heavy atom. The molecule has 0 bridgehead atoms. The van der Waals surface area contributed by atoms with Crippen molar-refractivity contribution in [1.82, 2.24) is 4.90 Å². The van der Waals surface area contributed by atoms with Crippen LogP contribution in [0.1, 0.15) is 34.9 Å². The molecule has 0 amide bonds. The number of hydrogen-bond acceptors (Lipinski definition) is 4. The van der Waals surface area contributed by atoms with E-state index in [-0.39, 0.29) is 11.7 Å². The lowest BCUT2D eigenvalue weighted by molar-refractivity contribution is 0.0727. The number of rotatable bonds is 6. The largest absolute Gasteiger partial charge is 0.497 e. The van der Waals surface area contributed by atoms with Crippen molar-refractivity contribution >= 4 is 5.78 Å². The number of ether oxygens (including phenoxy) is 1. The van der Waals surface area contributed by atoms with Gasteiger partial charge in [-0.25, -0.2) is 0 Å². The second-order valence-corrected chi connectivity index (χ2v) is 6.59. The maximum Gasteiger partial charge on any atom is 0.166 e. The number of aliphatic hydroxyl groups is 1. The van der Waals surface area contributed by atoms with E-state index in [0.717, 1.165) is 42.8 Å². The molecule has 4 nitrogen and oxygen atoms in total. The summed E-state index contributed by atoms with van der Waals surface area (Å²) in [5.41, 5.74) is 1.70. The Labute approximate surface area is 149 Å². The van der Waals surface area contributed by atoms with Crippen molar-refractivity contribution in [3.63, 3.8) is 0 Å². The van der Waals surface area contributed by atoms with Gasteiger partial charge in [-0.2, -0.15) is 0 Å². The van der Waals surface area contributed by atoms with Crippen molar-refractivity contribution in [3.05, 3.63) is 65.7 Å². The number of carbonyl (C=O) groups is 1. The lowest BCUT2D eigenvalue weighted by Gasteiger charge is -2.32. The van der Waals surface area contributed by atoms with Crippen LogP contribution in [0, 0.1) is 5.92 Å². The van der Waals surface area contributed by atoms with E-state index in [2.05, 4.69) is 4.90 Å². The third kappa shape index (κ3) is 4.47. The predicted molar refractivity (Wildman–Crippen MR) is 97.9 cm³/mol. The van der Waals surface area contributed by atoms with Gasteiger partial charge in [0.05, 0.1) is 13.2 Å². The summed E-state index contributed by atoms with van der Waals surface area (Å²) < 4.78 is 5.14. The topological polar surface area (TPSA) is 49.8 Å². The Kier molecular flexibility index (Phi) is 5.84. The van der Waals surface area contributed by atoms with Gasteiger partial charge in [0.1, 0.15) is 5.75 Å². The normalized spacial score (nSPS) is 17.2. The van der Waals surface area contributed by atoms with E-state index in [1.807, 2.05) is 54.6 Å². The van der Waals surface area contributed by atoms with Gasteiger partial charge in [-0.1, -0.05) is 30.3 Å². The molecule has 2 aromatic carbocycles. The van der Waals surface area contributed by atoms with E-state index in [1.54, 1.807) is 7.11 Å². The number of Topliss-reactive ketones (excluding diaryl/α,β-unsaturated/α-hetero) is 1. The number of β-amino-alcohol motifs (C(OH)–C–C–N with tert-alkyl or cyclic N) is 1. The van der Waals surface area contributed by atoms with E-state index in [4.69, 9.17) is 4.74 Å². The Balaban J connectivity index is 1.51. The first kappa shape index (κ1) is 17.6. The van der Waals surface area contributed by atoms with Gasteiger partial charge in [0.2, 0.25) is 0 Å². The Bertz CT molecular complexity index is 676. The van der Waals surface area contributed by atoms with Crippen molar-refractivity contribution < 1.29 is 14.6 Å². The number of likely N-dealkylation sites (tertiary alicyclic amines) is 1. The number of benzene rings is 2. The fraction of sp³-hybridized carbons (Fsp3) is 0.381. The van der Waals surface area contributed by atoms with Gasteiger partial charge in [0.25, 0.3) is 0 Å². The molecule has 1 fully saturated rings. The van der Waals surface area contributed by atoms with Crippen LogP contribution < -0.4 is 4.74 Å². The highest BCUT2D eigenvalue weighted by Crippen LogP contribution is 2.24. The fourth-order valence-corrected chi connectivity index (χ4v) is 3.39. The smallest absolute Gasteiger partial charge is 0.166 e. The fourth-order valence-electron chi connectivity index (χ4n) is 3.39. The molecule has 1 unspecified atom stereocenters. The minimum atomic E-state index is -0.477. The van der Waals surface area contributed by atoms with Gasteiger partial charge in [0, 0.05) is 18.0 Å². The summed E-state index contributed by atoms with van der Waals surface area (Å²) in [4.78, 5) is 14.9. The zero-order valence-electron chi connectivity index (χ0n) is 14.6. The number of aliphatic hydroxyl groups excluding tert-OH is 1. The summed E-state index contributed by atoms with van der Waals surface area (Å²) in [6.07, 6.45) is 1.20. The molecule has 132 valence electrons. The first-order chi connectivity index (χ1) is 12.2. The molecule has 25 heavy (non-hydrogen) atoms. The van der Waals surface area contributed by atoms with Gasteiger partial charge in [-0.15, -0.1) is 0 Å². The molecular weight excluding hydrogens is 314 g/mol. The third-order valence-corrected chi connectivity index (χ3v) is 4.95. The summed E-state index contributed by atoms with van der Waals surface area (Å²) in [7, 11) is 1.62. The van der Waals surface area contributed by atoms with Crippen LogP contribution in [-0.2, 0) is 0 Å². The average Bonchev–Trinajstić information content (AvgIpc) is 2.69. The summed E-state index contributed by atoms with van der Waals surface area (Å²) in [6.45, 7) is 2.31. The van der Waals surface area contributed by atoms with Crippen LogP contribution in [0.5, 0.6) is 5.75 Å². The number of methoxy groups -OCH3 is 1. The summed E-state index contributed by atoms with van der Waals surface area (Å²) in [6, 6.07) is 17.1. The molecule has 0 spiro atoms. The molecule has 1 heterocycles. The van der Waals surface area contributed by atoms with Crippen molar-refractivity contribution in [1.29, 1.82) is 0 Å². The molecule has 1 atom stereocenters. The van der Waals surface area contributed by atoms with Gasteiger partial charge in [0.15, 0.2) is 5.78 Å². The quantitative estimate of drug-likeness (QED) is 0.820. The van der Waals surface area contributed by atoms with E-state index in [9.17, 15) is 9.90 Å². The second-order valence-electron chi connectivity index (χ2n) is 6.59. The van der Waals surface area contributed by atoms with E-state index < -0.39 is 6.10 Å².